The van der Waals surface area contributed by atoms with Crippen LogP contribution in [0.4, 0.5) is 0 Å². The molecular formula is C20H27N2O+. The molecule has 0 aliphatic carbocycles. The number of amides is 1. The Balaban J connectivity index is 1.89. The van der Waals surface area contributed by atoms with Crippen LogP contribution in [0.2, 0.25) is 0 Å². The van der Waals surface area contributed by atoms with Gasteiger partial charge in [0.25, 0.3) is 5.91 Å². The average Bonchev–Trinajstić information content (AvgIpc) is 2.56. The molecule has 0 aromatic heterocycles. The maximum Gasteiger partial charge on any atom is 0.275 e. The van der Waals surface area contributed by atoms with E-state index in [-0.39, 0.29) is 11.9 Å². The van der Waals surface area contributed by atoms with Gasteiger partial charge in [0, 0.05) is 11.5 Å². The SMILES string of the molecule is CC(C)[C@H]([NH2+]CC(=O)N[C@@H](C)c1ccccc1)c1ccccc1. The van der Waals surface area contributed by atoms with Crippen molar-refractivity contribution in [3.05, 3.63) is 71.8 Å². The summed E-state index contributed by atoms with van der Waals surface area (Å²) in [5.41, 5.74) is 2.40. The minimum atomic E-state index is 0.0336. The van der Waals surface area contributed by atoms with Gasteiger partial charge in [-0.05, 0) is 12.5 Å². The van der Waals surface area contributed by atoms with Crippen LogP contribution in [0.15, 0.2) is 60.7 Å². The van der Waals surface area contributed by atoms with Gasteiger partial charge < -0.3 is 10.6 Å². The number of hydrogen-bond donors (Lipinski definition) is 2. The highest BCUT2D eigenvalue weighted by molar-refractivity contribution is 5.77. The molecule has 0 aliphatic rings. The van der Waals surface area contributed by atoms with Crippen molar-refractivity contribution in [2.45, 2.75) is 32.9 Å². The molecule has 0 aliphatic heterocycles. The molecule has 3 heteroatoms. The predicted octanol–water partition coefficient (Wildman–Crippen LogP) is 2.82. The summed E-state index contributed by atoms with van der Waals surface area (Å²) in [6, 6.07) is 20.8. The van der Waals surface area contributed by atoms with Crippen molar-refractivity contribution in [3.63, 3.8) is 0 Å². The summed E-state index contributed by atoms with van der Waals surface area (Å²) in [4.78, 5) is 12.2. The zero-order chi connectivity index (χ0) is 16.7. The molecule has 122 valence electrons. The van der Waals surface area contributed by atoms with Crippen LogP contribution in [0.1, 0.15) is 44.0 Å². The van der Waals surface area contributed by atoms with Crippen LogP contribution in [0.3, 0.4) is 0 Å². The summed E-state index contributed by atoms with van der Waals surface area (Å²) < 4.78 is 0. The van der Waals surface area contributed by atoms with Gasteiger partial charge in [-0.25, -0.2) is 0 Å². The Hall–Kier alpha value is -2.13. The molecule has 2 aromatic carbocycles. The van der Waals surface area contributed by atoms with Gasteiger partial charge in [0.1, 0.15) is 6.04 Å². The fourth-order valence-electron chi connectivity index (χ4n) is 2.83. The molecule has 0 saturated heterocycles. The van der Waals surface area contributed by atoms with Crippen LogP contribution in [0.25, 0.3) is 0 Å². The monoisotopic (exact) mass is 311 g/mol. The molecule has 3 nitrogen and oxygen atoms in total. The van der Waals surface area contributed by atoms with E-state index >= 15 is 0 Å². The predicted molar refractivity (Wildman–Crippen MR) is 93.8 cm³/mol. The van der Waals surface area contributed by atoms with E-state index in [0.29, 0.717) is 18.5 Å². The number of nitrogens with two attached hydrogens (primary N) is 1. The van der Waals surface area contributed by atoms with Gasteiger partial charge in [-0.1, -0.05) is 74.5 Å². The van der Waals surface area contributed by atoms with Crippen LogP contribution < -0.4 is 10.6 Å². The van der Waals surface area contributed by atoms with Crippen molar-refractivity contribution in [3.8, 4) is 0 Å². The molecule has 2 rings (SSSR count). The minimum absolute atomic E-state index is 0.0336. The summed E-state index contributed by atoms with van der Waals surface area (Å²) in [5.74, 6) is 0.541. The lowest BCUT2D eigenvalue weighted by atomic mass is 9.96. The topological polar surface area (TPSA) is 45.7 Å². The standard InChI is InChI=1S/C20H26N2O/c1-15(2)20(18-12-8-5-9-13-18)21-14-19(23)22-16(3)17-10-6-4-7-11-17/h4-13,15-16,20-21H,14H2,1-3H3,(H,22,23)/p+1/t16-,20-/m0/s1. The van der Waals surface area contributed by atoms with Crippen LogP contribution in [-0.4, -0.2) is 12.5 Å². The smallest absolute Gasteiger partial charge is 0.275 e. The summed E-state index contributed by atoms with van der Waals surface area (Å²) in [7, 11) is 0. The maximum atomic E-state index is 12.2. The lowest BCUT2D eigenvalue weighted by Gasteiger charge is -2.20. The van der Waals surface area contributed by atoms with Gasteiger partial charge in [0.2, 0.25) is 0 Å². The Bertz CT molecular complexity index is 596. The third kappa shape index (κ3) is 5.22. The molecular weight excluding hydrogens is 284 g/mol. The van der Waals surface area contributed by atoms with Crippen molar-refractivity contribution in [2.24, 2.45) is 5.92 Å². The van der Waals surface area contributed by atoms with Gasteiger partial charge in [0.15, 0.2) is 6.54 Å². The van der Waals surface area contributed by atoms with Gasteiger partial charge in [0.05, 0.1) is 6.04 Å². The first-order chi connectivity index (χ1) is 11.1. The molecule has 0 heterocycles. The molecule has 23 heavy (non-hydrogen) atoms. The van der Waals surface area contributed by atoms with Crippen molar-refractivity contribution >= 4 is 5.91 Å². The number of carbonyl (C=O) groups excluding carboxylic acids is 1. The first-order valence-corrected chi connectivity index (χ1v) is 8.30. The fraction of sp³-hybridized carbons (Fsp3) is 0.350. The Labute approximate surface area is 139 Å². The zero-order valence-corrected chi connectivity index (χ0v) is 14.2. The molecule has 2 aromatic rings. The van der Waals surface area contributed by atoms with Crippen LogP contribution in [-0.2, 0) is 4.79 Å². The molecule has 3 N–H and O–H groups in total. The normalized spacial score (nSPS) is 13.6. The number of rotatable bonds is 7. The van der Waals surface area contributed by atoms with E-state index in [1.54, 1.807) is 0 Å². The first-order valence-electron chi connectivity index (χ1n) is 8.30. The summed E-state index contributed by atoms with van der Waals surface area (Å²) >= 11 is 0. The average molecular weight is 311 g/mol. The molecule has 0 bridgehead atoms. The summed E-state index contributed by atoms with van der Waals surface area (Å²) in [6.07, 6.45) is 0. The Kier molecular flexibility index (Phi) is 6.36. The summed E-state index contributed by atoms with van der Waals surface area (Å²) in [5, 5.41) is 5.20. The number of carbonyl (C=O) groups is 1. The molecule has 0 unspecified atom stereocenters. The Morgan fingerprint density at radius 1 is 0.913 bits per heavy atom. The highest BCUT2D eigenvalue weighted by Crippen LogP contribution is 2.16. The second-order valence-electron chi connectivity index (χ2n) is 6.32. The lowest BCUT2D eigenvalue weighted by molar-refractivity contribution is -0.692. The van der Waals surface area contributed by atoms with Crippen LogP contribution in [0, 0.1) is 5.92 Å². The minimum Gasteiger partial charge on any atom is -0.345 e. The van der Waals surface area contributed by atoms with Crippen molar-refractivity contribution in [1.29, 1.82) is 0 Å². The van der Waals surface area contributed by atoms with Gasteiger partial charge in [-0.15, -0.1) is 0 Å². The molecule has 0 fully saturated rings. The van der Waals surface area contributed by atoms with E-state index in [4.69, 9.17) is 0 Å². The van der Waals surface area contributed by atoms with Crippen LogP contribution in [0.5, 0.6) is 0 Å². The van der Waals surface area contributed by atoms with E-state index in [9.17, 15) is 4.79 Å². The number of quaternary nitrogens is 1. The highest BCUT2D eigenvalue weighted by atomic mass is 16.1. The number of nitrogens with one attached hydrogen (secondary N) is 1. The molecule has 2 atom stereocenters. The second-order valence-corrected chi connectivity index (χ2v) is 6.32. The van der Waals surface area contributed by atoms with Gasteiger partial charge in [-0.3, -0.25) is 4.79 Å². The zero-order valence-electron chi connectivity index (χ0n) is 14.2. The highest BCUT2D eigenvalue weighted by Gasteiger charge is 2.20. The van der Waals surface area contributed by atoms with Crippen molar-refractivity contribution < 1.29 is 10.1 Å². The quantitative estimate of drug-likeness (QED) is 0.811. The number of hydrogen-bond acceptors (Lipinski definition) is 1. The van der Waals surface area contributed by atoms with Crippen molar-refractivity contribution in [2.75, 3.05) is 6.54 Å². The van der Waals surface area contributed by atoms with Gasteiger partial charge in [-0.2, -0.15) is 0 Å². The largest absolute Gasteiger partial charge is 0.345 e. The molecule has 1 amide bonds. The second kappa shape index (κ2) is 8.49. The van der Waals surface area contributed by atoms with E-state index in [1.165, 1.54) is 5.56 Å². The third-order valence-electron chi connectivity index (χ3n) is 4.14. The van der Waals surface area contributed by atoms with Crippen LogP contribution >= 0.6 is 0 Å². The third-order valence-corrected chi connectivity index (χ3v) is 4.14. The molecule has 0 saturated carbocycles. The Morgan fingerprint density at radius 3 is 1.96 bits per heavy atom. The summed E-state index contributed by atoms with van der Waals surface area (Å²) in [6.45, 7) is 6.84. The van der Waals surface area contributed by atoms with Crippen molar-refractivity contribution in [1.82, 2.24) is 5.32 Å². The number of benzene rings is 2. The van der Waals surface area contributed by atoms with E-state index in [2.05, 4.69) is 48.7 Å². The van der Waals surface area contributed by atoms with E-state index in [0.717, 1.165) is 5.56 Å². The first kappa shape index (κ1) is 17.2. The van der Waals surface area contributed by atoms with Gasteiger partial charge >= 0.3 is 0 Å². The molecule has 0 radical (unpaired) electrons. The fourth-order valence-corrected chi connectivity index (χ4v) is 2.83. The molecule has 0 spiro atoms. The maximum absolute atomic E-state index is 12.2. The lowest BCUT2D eigenvalue weighted by Crippen LogP contribution is -2.88. The van der Waals surface area contributed by atoms with E-state index in [1.807, 2.05) is 43.3 Å². The van der Waals surface area contributed by atoms with E-state index < -0.39 is 0 Å². The Morgan fingerprint density at radius 2 is 1.43 bits per heavy atom.